The summed E-state index contributed by atoms with van der Waals surface area (Å²) < 4.78 is 3.08. The zero-order valence-corrected chi connectivity index (χ0v) is 15.4. The van der Waals surface area contributed by atoms with E-state index in [1.807, 2.05) is 6.07 Å². The van der Waals surface area contributed by atoms with Gasteiger partial charge in [0, 0.05) is 5.56 Å². The Balaban J connectivity index is 0.000000174. The molecule has 0 spiro atoms. The zero-order valence-electron chi connectivity index (χ0n) is 12.5. The Morgan fingerprint density at radius 2 is 1.04 bits per heavy atom. The van der Waals surface area contributed by atoms with Crippen molar-refractivity contribution in [1.82, 2.24) is 0 Å². The summed E-state index contributed by atoms with van der Waals surface area (Å²) in [5.74, 6) is 0. The van der Waals surface area contributed by atoms with Crippen LogP contribution < -0.4 is 7.16 Å². The second-order valence-electron chi connectivity index (χ2n) is 4.73. The molecule has 0 amide bonds. The molecule has 1 atom stereocenters. The van der Waals surface area contributed by atoms with Crippen LogP contribution in [0.15, 0.2) is 91.0 Å². The molecule has 2 radical (unpaired) electrons. The van der Waals surface area contributed by atoms with E-state index in [1.165, 1.54) is 7.16 Å². The molecule has 0 aliphatic rings. The Kier molecular flexibility index (Phi) is 7.83. The van der Waals surface area contributed by atoms with Gasteiger partial charge in [-0.1, -0.05) is 30.3 Å². The van der Waals surface area contributed by atoms with Crippen molar-refractivity contribution in [2.75, 3.05) is 0 Å². The number of hydrogen-bond acceptors (Lipinski definition) is 3. The van der Waals surface area contributed by atoms with Crippen molar-refractivity contribution < 1.29 is 15.3 Å². The first-order chi connectivity index (χ1) is 11.3. The fourth-order valence-corrected chi connectivity index (χ4v) is 4.89. The number of rotatable bonds is 4. The molecule has 3 nitrogen and oxygen atoms in total. The number of hydrogen-bond donors (Lipinski definition) is 2. The Hall–Kier alpha value is -1.66. The summed E-state index contributed by atoms with van der Waals surface area (Å²) in [6, 6.07) is 30.2. The molecule has 0 aromatic heterocycles. The molecule has 0 saturated heterocycles. The number of benzene rings is 3. The van der Waals surface area contributed by atoms with Crippen molar-refractivity contribution in [3.63, 3.8) is 0 Å². The molecule has 0 heterocycles. The monoisotopic (exact) mass is 414 g/mol. The first-order valence-electron chi connectivity index (χ1n) is 7.20. The molecule has 3 rings (SSSR count). The summed E-state index contributed by atoms with van der Waals surface area (Å²) >= 11 is -0.517. The second-order valence-corrected chi connectivity index (χ2v) is 8.73. The van der Waals surface area contributed by atoms with Gasteiger partial charge in [0.2, 0.25) is 6.29 Å². The predicted octanol–water partition coefficient (Wildman–Crippen LogP) is 2.51. The summed E-state index contributed by atoms with van der Waals surface area (Å²) in [4.78, 5) is 3.69. The fourth-order valence-electron chi connectivity index (χ4n) is 1.89. The Morgan fingerprint density at radius 3 is 1.43 bits per heavy atom. The van der Waals surface area contributed by atoms with Gasteiger partial charge >= 0.3 is 89.0 Å². The van der Waals surface area contributed by atoms with E-state index >= 15 is 0 Å². The fraction of sp³-hybridized carbons (Fsp3) is 0.0526. The quantitative estimate of drug-likeness (QED) is 0.299. The summed E-state index contributed by atoms with van der Waals surface area (Å²) in [5, 5.41) is 16.9. The van der Waals surface area contributed by atoms with Crippen molar-refractivity contribution in [2.24, 2.45) is 0 Å². The molecular formula is C19H18O3Sn. The molecule has 2 N–H and O–H groups in total. The van der Waals surface area contributed by atoms with Gasteiger partial charge in [-0.25, -0.2) is 10.1 Å². The average Bonchev–Trinajstić information content (AvgIpc) is 2.64. The third-order valence-electron chi connectivity index (χ3n) is 3.02. The molecule has 1 unspecified atom stereocenters. The van der Waals surface area contributed by atoms with Crippen LogP contribution in [0.1, 0.15) is 11.9 Å². The van der Waals surface area contributed by atoms with Crippen LogP contribution in [-0.4, -0.2) is 31.5 Å². The van der Waals surface area contributed by atoms with Gasteiger partial charge in [-0.3, -0.25) is 0 Å². The maximum absolute atomic E-state index is 8.86. The van der Waals surface area contributed by atoms with Crippen LogP contribution in [0.3, 0.4) is 0 Å². The molecule has 23 heavy (non-hydrogen) atoms. The first-order valence-corrected chi connectivity index (χ1v) is 10.1. The molecule has 3 aromatic carbocycles. The van der Waals surface area contributed by atoms with Crippen molar-refractivity contribution in [3.05, 3.63) is 96.6 Å². The van der Waals surface area contributed by atoms with Gasteiger partial charge in [0.05, 0.1) is 0 Å². The average molecular weight is 413 g/mol. The van der Waals surface area contributed by atoms with Crippen LogP contribution in [0.25, 0.3) is 0 Å². The first kappa shape index (κ1) is 17.7. The normalized spacial score (nSPS) is 11.2. The van der Waals surface area contributed by atoms with Gasteiger partial charge in [-0.15, -0.1) is 0 Å². The Morgan fingerprint density at radius 1 is 0.652 bits per heavy atom. The molecule has 116 valence electrons. The molecule has 0 fully saturated rings. The molecule has 0 aliphatic heterocycles. The molecule has 0 aliphatic carbocycles. The number of aliphatic hydroxyl groups excluding tert-OH is 1. The van der Waals surface area contributed by atoms with E-state index in [9.17, 15) is 0 Å². The van der Waals surface area contributed by atoms with Crippen LogP contribution in [0.2, 0.25) is 0 Å². The van der Waals surface area contributed by atoms with E-state index in [1.54, 1.807) is 24.3 Å². The van der Waals surface area contributed by atoms with Crippen molar-refractivity contribution >= 4 is 28.3 Å². The minimum atomic E-state index is -1.24. The van der Waals surface area contributed by atoms with E-state index < -0.39 is 27.4 Å². The number of aliphatic hydroxyl groups is 1. The standard InChI is InChI=1S/C7H8O3.2C6H5.Sn/c8-7(10-9)6-4-2-1-3-5-6;2*1-2-4-6-5-3-1;/h1-5,7-9H;2*1-5H;. The van der Waals surface area contributed by atoms with Gasteiger partial charge in [0.15, 0.2) is 0 Å². The zero-order chi connectivity index (χ0) is 16.3. The van der Waals surface area contributed by atoms with Gasteiger partial charge < -0.3 is 5.11 Å². The maximum atomic E-state index is 8.86. The second kappa shape index (κ2) is 10.2. The van der Waals surface area contributed by atoms with E-state index in [0.717, 1.165) is 0 Å². The van der Waals surface area contributed by atoms with E-state index in [2.05, 4.69) is 65.6 Å². The molecule has 0 bridgehead atoms. The molecule has 4 heteroatoms. The van der Waals surface area contributed by atoms with Crippen molar-refractivity contribution in [1.29, 1.82) is 0 Å². The third kappa shape index (κ3) is 6.54. The van der Waals surface area contributed by atoms with Crippen molar-refractivity contribution in [3.8, 4) is 0 Å². The Bertz CT molecular complexity index is 622. The summed E-state index contributed by atoms with van der Waals surface area (Å²) in [6.07, 6.45) is -1.24. The Labute approximate surface area is 146 Å². The van der Waals surface area contributed by atoms with Crippen LogP contribution in [0.5, 0.6) is 0 Å². The minimum absolute atomic E-state index is 0.517. The van der Waals surface area contributed by atoms with Crippen molar-refractivity contribution in [2.45, 2.75) is 6.29 Å². The summed E-state index contributed by atoms with van der Waals surface area (Å²) in [7, 11) is 0. The van der Waals surface area contributed by atoms with Gasteiger partial charge in [0.1, 0.15) is 0 Å². The summed E-state index contributed by atoms with van der Waals surface area (Å²) in [6.45, 7) is 0. The third-order valence-corrected chi connectivity index (χ3v) is 6.57. The van der Waals surface area contributed by atoms with Gasteiger partial charge in [-0.05, 0) is 0 Å². The van der Waals surface area contributed by atoms with Crippen LogP contribution in [0.4, 0.5) is 0 Å². The SMILES string of the molecule is OOC(O)c1ccccc1.c1cc[c]([Sn][c]2ccccc2)cc1. The molecule has 3 aromatic rings. The van der Waals surface area contributed by atoms with E-state index in [4.69, 9.17) is 10.4 Å². The van der Waals surface area contributed by atoms with Crippen LogP contribution in [0, 0.1) is 0 Å². The van der Waals surface area contributed by atoms with E-state index in [0.29, 0.717) is 5.56 Å². The van der Waals surface area contributed by atoms with Gasteiger partial charge in [0.25, 0.3) is 0 Å². The van der Waals surface area contributed by atoms with Crippen LogP contribution in [-0.2, 0) is 4.89 Å². The molecular weight excluding hydrogens is 395 g/mol. The summed E-state index contributed by atoms with van der Waals surface area (Å²) in [5.41, 5.74) is 0.532. The predicted molar refractivity (Wildman–Crippen MR) is 93.0 cm³/mol. The van der Waals surface area contributed by atoms with Gasteiger partial charge in [-0.2, -0.15) is 0 Å². The van der Waals surface area contributed by atoms with E-state index in [-0.39, 0.29) is 0 Å². The van der Waals surface area contributed by atoms with Crippen LogP contribution >= 0.6 is 0 Å². The topological polar surface area (TPSA) is 49.7 Å². The molecule has 0 saturated carbocycles.